The predicted octanol–water partition coefficient (Wildman–Crippen LogP) is 2.84. The zero-order valence-electron chi connectivity index (χ0n) is 18.0. The van der Waals surface area contributed by atoms with Gasteiger partial charge in [-0.25, -0.2) is 0 Å². The van der Waals surface area contributed by atoms with Gasteiger partial charge in [-0.05, 0) is 12.8 Å². The SMILES string of the molecule is CCCCC(=O)c1ccccc1C(=O)[O-].CCCCC(=O)c1ccccc1C(=O)[O-].[Zn+2]. The number of Topliss-reactive ketones (excluding diaryl/α,β-unsaturated/α-hetero) is 2. The van der Waals surface area contributed by atoms with Crippen molar-refractivity contribution in [3.8, 4) is 0 Å². The molecule has 0 amide bonds. The van der Waals surface area contributed by atoms with Gasteiger partial charge in [0.15, 0.2) is 11.6 Å². The Morgan fingerprint density at radius 3 is 1.16 bits per heavy atom. The summed E-state index contributed by atoms with van der Waals surface area (Å²) in [4.78, 5) is 44.7. The summed E-state index contributed by atoms with van der Waals surface area (Å²) in [7, 11) is 0. The molecule has 31 heavy (non-hydrogen) atoms. The smallest absolute Gasteiger partial charge is 0.545 e. The molecule has 0 N–H and O–H groups in total. The van der Waals surface area contributed by atoms with Crippen LogP contribution in [0.2, 0.25) is 0 Å². The summed E-state index contributed by atoms with van der Waals surface area (Å²) in [6.07, 6.45) is 4.17. The molecule has 0 radical (unpaired) electrons. The third-order valence-electron chi connectivity index (χ3n) is 4.41. The minimum atomic E-state index is -1.30. The number of unbranched alkanes of at least 4 members (excludes halogenated alkanes) is 2. The number of hydrogen-bond donors (Lipinski definition) is 0. The Hall–Kier alpha value is -2.66. The van der Waals surface area contributed by atoms with Crippen molar-refractivity contribution in [2.45, 2.75) is 52.4 Å². The molecule has 0 aliphatic carbocycles. The van der Waals surface area contributed by atoms with Crippen LogP contribution in [0.25, 0.3) is 0 Å². The minimum Gasteiger partial charge on any atom is -0.545 e. The normalized spacial score (nSPS) is 9.61. The number of benzene rings is 2. The molecule has 0 saturated carbocycles. The first-order valence-electron chi connectivity index (χ1n) is 10.0. The number of aromatic carboxylic acids is 2. The molecule has 2 aromatic carbocycles. The van der Waals surface area contributed by atoms with Crippen molar-refractivity contribution in [2.75, 3.05) is 0 Å². The number of rotatable bonds is 10. The van der Waals surface area contributed by atoms with Gasteiger partial charge in [-0.15, -0.1) is 0 Å². The van der Waals surface area contributed by atoms with Crippen LogP contribution in [-0.2, 0) is 19.5 Å². The van der Waals surface area contributed by atoms with E-state index >= 15 is 0 Å². The standard InChI is InChI=1S/2C12H14O3.Zn/c2*1-2-3-8-11(13)9-6-4-5-7-10(9)12(14)15;/h2*4-7H,2-3,8H2,1H3,(H,14,15);/q;;+2/p-2. The Morgan fingerprint density at radius 2 is 0.903 bits per heavy atom. The third kappa shape index (κ3) is 9.35. The number of hydrogen-bond acceptors (Lipinski definition) is 6. The van der Waals surface area contributed by atoms with Crippen LogP contribution >= 0.6 is 0 Å². The van der Waals surface area contributed by atoms with Crippen LogP contribution in [0, 0.1) is 0 Å². The molecule has 0 aromatic heterocycles. The van der Waals surface area contributed by atoms with Gasteiger partial charge in [-0.2, -0.15) is 0 Å². The van der Waals surface area contributed by atoms with Gasteiger partial charge in [0.25, 0.3) is 0 Å². The van der Waals surface area contributed by atoms with E-state index in [1.165, 1.54) is 24.3 Å². The van der Waals surface area contributed by atoms with Gasteiger partial charge in [0.2, 0.25) is 0 Å². The van der Waals surface area contributed by atoms with Gasteiger partial charge in [0.1, 0.15) is 0 Å². The molecule has 160 valence electrons. The van der Waals surface area contributed by atoms with Crippen molar-refractivity contribution in [1.29, 1.82) is 0 Å². The molecule has 0 atom stereocenters. The topological polar surface area (TPSA) is 114 Å². The van der Waals surface area contributed by atoms with Crippen molar-refractivity contribution < 1.29 is 48.9 Å². The van der Waals surface area contributed by atoms with Crippen molar-refractivity contribution in [1.82, 2.24) is 0 Å². The average Bonchev–Trinajstić information content (AvgIpc) is 2.76. The van der Waals surface area contributed by atoms with E-state index in [1.54, 1.807) is 24.3 Å². The maximum absolute atomic E-state index is 11.6. The van der Waals surface area contributed by atoms with E-state index in [4.69, 9.17) is 0 Å². The van der Waals surface area contributed by atoms with Crippen molar-refractivity contribution in [3.05, 3.63) is 70.8 Å². The van der Waals surface area contributed by atoms with Crippen molar-refractivity contribution >= 4 is 23.5 Å². The molecule has 0 spiro atoms. The largest absolute Gasteiger partial charge is 2.00 e. The maximum atomic E-state index is 11.6. The van der Waals surface area contributed by atoms with Crippen LogP contribution in [0.5, 0.6) is 0 Å². The molecule has 0 unspecified atom stereocenters. The molecular formula is C24H26O6Zn. The summed E-state index contributed by atoms with van der Waals surface area (Å²) in [5.74, 6) is -2.85. The minimum absolute atomic E-state index is 0. The predicted molar refractivity (Wildman–Crippen MR) is 109 cm³/mol. The van der Waals surface area contributed by atoms with Crippen LogP contribution in [-0.4, -0.2) is 23.5 Å². The van der Waals surface area contributed by atoms with Crippen LogP contribution in [0.4, 0.5) is 0 Å². The van der Waals surface area contributed by atoms with E-state index < -0.39 is 11.9 Å². The van der Waals surface area contributed by atoms with E-state index in [0.29, 0.717) is 12.8 Å². The molecule has 7 heteroatoms. The van der Waals surface area contributed by atoms with Crippen LogP contribution in [0.1, 0.15) is 93.8 Å². The van der Waals surface area contributed by atoms with E-state index in [1.807, 2.05) is 13.8 Å². The van der Waals surface area contributed by atoms with Crippen LogP contribution in [0.3, 0.4) is 0 Å². The summed E-state index contributed by atoms with van der Waals surface area (Å²) in [5.41, 5.74) is 0.481. The van der Waals surface area contributed by atoms with Gasteiger partial charge in [0.05, 0.1) is 11.9 Å². The third-order valence-corrected chi connectivity index (χ3v) is 4.41. The van der Waals surface area contributed by atoms with Crippen LogP contribution in [0.15, 0.2) is 48.5 Å². The van der Waals surface area contributed by atoms with E-state index in [9.17, 15) is 29.4 Å². The number of carbonyl (C=O) groups excluding carboxylic acids is 4. The molecule has 0 bridgehead atoms. The molecule has 0 aliphatic rings. The zero-order chi connectivity index (χ0) is 22.5. The fourth-order valence-corrected chi connectivity index (χ4v) is 2.75. The molecule has 2 rings (SSSR count). The van der Waals surface area contributed by atoms with Gasteiger partial charge < -0.3 is 19.8 Å². The summed E-state index contributed by atoms with van der Waals surface area (Å²) in [6, 6.07) is 12.3. The second-order valence-electron chi connectivity index (χ2n) is 6.72. The maximum Gasteiger partial charge on any atom is 2.00 e. The molecule has 6 nitrogen and oxygen atoms in total. The van der Waals surface area contributed by atoms with E-state index in [-0.39, 0.29) is 53.3 Å². The Balaban J connectivity index is 0.000000562. The van der Waals surface area contributed by atoms with E-state index in [0.717, 1.165) is 25.7 Å². The summed E-state index contributed by atoms with van der Waals surface area (Å²) >= 11 is 0. The Morgan fingerprint density at radius 1 is 0.613 bits per heavy atom. The first-order chi connectivity index (χ1) is 14.3. The molecule has 0 aliphatic heterocycles. The summed E-state index contributed by atoms with van der Waals surface area (Å²) < 4.78 is 0. The molecule has 0 saturated heterocycles. The van der Waals surface area contributed by atoms with Gasteiger partial charge >= 0.3 is 19.5 Å². The number of carboxylic acid groups (broad SMARTS) is 2. The number of ketones is 2. The first-order valence-corrected chi connectivity index (χ1v) is 10.0. The summed E-state index contributed by atoms with van der Waals surface area (Å²) in [6.45, 7) is 3.97. The molecule has 2 aromatic rings. The van der Waals surface area contributed by atoms with E-state index in [2.05, 4.69) is 0 Å². The Bertz CT molecular complexity index is 818. The average molecular weight is 476 g/mol. The fraction of sp³-hybridized carbons (Fsp3) is 0.333. The summed E-state index contributed by atoms with van der Waals surface area (Å²) in [5, 5.41) is 21.5. The van der Waals surface area contributed by atoms with Crippen molar-refractivity contribution in [2.24, 2.45) is 0 Å². The fourth-order valence-electron chi connectivity index (χ4n) is 2.75. The second kappa shape index (κ2) is 15.2. The van der Waals surface area contributed by atoms with Crippen LogP contribution < -0.4 is 10.2 Å². The Labute approximate surface area is 195 Å². The molecule has 0 heterocycles. The first kappa shape index (κ1) is 28.3. The number of carboxylic acids is 2. The Kier molecular flexibility index (Phi) is 13.9. The van der Waals surface area contributed by atoms with Gasteiger partial charge in [-0.1, -0.05) is 75.2 Å². The second-order valence-corrected chi connectivity index (χ2v) is 6.72. The van der Waals surface area contributed by atoms with Gasteiger partial charge in [-0.3, -0.25) is 9.59 Å². The zero-order valence-corrected chi connectivity index (χ0v) is 21.0. The number of carbonyl (C=O) groups is 4. The van der Waals surface area contributed by atoms with Crippen molar-refractivity contribution in [3.63, 3.8) is 0 Å². The molecular weight excluding hydrogens is 450 g/mol. The molecule has 0 fully saturated rings. The van der Waals surface area contributed by atoms with Gasteiger partial charge in [0, 0.05) is 35.1 Å². The quantitative estimate of drug-likeness (QED) is 0.385. The monoisotopic (exact) mass is 474 g/mol.